The third-order valence-corrected chi connectivity index (χ3v) is 5.73. The maximum absolute atomic E-state index is 12.8. The molecule has 0 saturated carbocycles. The number of hydrogen-bond donors (Lipinski definition) is 0. The molecule has 6 nitrogen and oxygen atoms in total. The number of nitro groups is 1. The lowest BCUT2D eigenvalue weighted by molar-refractivity contribution is -0.380. The van der Waals surface area contributed by atoms with Crippen molar-refractivity contribution in [3.8, 4) is 0 Å². The first kappa shape index (κ1) is 17.6. The first-order chi connectivity index (χ1) is 12.1. The smallest absolute Gasteiger partial charge is 0.287 e. The van der Waals surface area contributed by atoms with Crippen LogP contribution in [0.25, 0.3) is 10.9 Å². The topological polar surface area (TPSA) is 78.0 Å². The first-order valence-corrected chi connectivity index (χ1v) is 9.81. The summed E-state index contributed by atoms with van der Waals surface area (Å²) in [5, 5.41) is 14.0. The monoisotopic (exact) mass is 375 g/mol. The molecular formula is C17H17N3O3S2. The number of rotatable bonds is 7. The number of aromatic nitrogens is 2. The Kier molecular flexibility index (Phi) is 5.50. The number of fused-ring (bicyclic) bond motifs is 1. The Morgan fingerprint density at radius 1 is 1.36 bits per heavy atom. The van der Waals surface area contributed by atoms with Gasteiger partial charge >= 0.3 is 5.00 Å². The summed E-state index contributed by atoms with van der Waals surface area (Å²) in [7, 11) is 0. The summed E-state index contributed by atoms with van der Waals surface area (Å²) in [4.78, 5) is 27.8. The Morgan fingerprint density at radius 2 is 2.16 bits per heavy atom. The van der Waals surface area contributed by atoms with Crippen LogP contribution in [0.1, 0.15) is 25.3 Å². The van der Waals surface area contributed by atoms with Crippen molar-refractivity contribution in [3.63, 3.8) is 0 Å². The van der Waals surface area contributed by atoms with E-state index >= 15 is 0 Å². The van der Waals surface area contributed by atoms with Crippen LogP contribution < -0.4 is 5.56 Å². The molecule has 0 amide bonds. The molecule has 130 valence electrons. The van der Waals surface area contributed by atoms with Crippen LogP contribution in [0.15, 0.2) is 45.7 Å². The predicted octanol–water partition coefficient (Wildman–Crippen LogP) is 4.46. The molecule has 3 rings (SSSR count). The number of hydrogen-bond acceptors (Lipinski definition) is 6. The third-order valence-electron chi connectivity index (χ3n) is 3.75. The van der Waals surface area contributed by atoms with Crippen LogP contribution in [0.2, 0.25) is 0 Å². The number of thioether (sulfide) groups is 1. The van der Waals surface area contributed by atoms with Crippen molar-refractivity contribution in [2.24, 2.45) is 0 Å². The lowest BCUT2D eigenvalue weighted by Crippen LogP contribution is -2.23. The van der Waals surface area contributed by atoms with Crippen LogP contribution in [-0.2, 0) is 12.3 Å². The van der Waals surface area contributed by atoms with Gasteiger partial charge in [0.15, 0.2) is 5.16 Å². The molecule has 0 aliphatic carbocycles. The predicted molar refractivity (Wildman–Crippen MR) is 101 cm³/mol. The highest BCUT2D eigenvalue weighted by Gasteiger charge is 2.14. The van der Waals surface area contributed by atoms with Gasteiger partial charge in [0, 0.05) is 23.7 Å². The molecule has 0 aliphatic rings. The zero-order chi connectivity index (χ0) is 17.8. The van der Waals surface area contributed by atoms with E-state index in [0.29, 0.717) is 28.4 Å². The number of thiophene rings is 1. The average molecular weight is 375 g/mol. The summed E-state index contributed by atoms with van der Waals surface area (Å²) >= 11 is 2.56. The van der Waals surface area contributed by atoms with E-state index in [2.05, 4.69) is 11.9 Å². The summed E-state index contributed by atoms with van der Waals surface area (Å²) in [6.07, 6.45) is 1.89. The molecule has 0 aliphatic heterocycles. The van der Waals surface area contributed by atoms with Crippen LogP contribution in [0.4, 0.5) is 5.00 Å². The van der Waals surface area contributed by atoms with Crippen LogP contribution in [0.5, 0.6) is 0 Å². The second kappa shape index (κ2) is 7.79. The molecule has 0 atom stereocenters. The zero-order valence-electron chi connectivity index (χ0n) is 13.7. The van der Waals surface area contributed by atoms with E-state index in [1.807, 2.05) is 18.2 Å². The molecule has 1 aromatic carbocycles. The van der Waals surface area contributed by atoms with E-state index in [4.69, 9.17) is 0 Å². The molecule has 3 aromatic rings. The Hall–Kier alpha value is -2.19. The molecule has 0 saturated heterocycles. The number of para-hydroxylation sites is 1. The fourth-order valence-corrected chi connectivity index (χ4v) is 4.24. The summed E-state index contributed by atoms with van der Waals surface area (Å²) in [6, 6.07) is 8.91. The summed E-state index contributed by atoms with van der Waals surface area (Å²) in [5.74, 6) is 0.543. The van der Waals surface area contributed by atoms with Gasteiger partial charge in [0.2, 0.25) is 0 Å². The van der Waals surface area contributed by atoms with E-state index in [9.17, 15) is 14.9 Å². The molecule has 0 N–H and O–H groups in total. The fraction of sp³-hybridized carbons (Fsp3) is 0.294. The van der Waals surface area contributed by atoms with Crippen LogP contribution in [-0.4, -0.2) is 14.5 Å². The van der Waals surface area contributed by atoms with Gasteiger partial charge in [-0.1, -0.05) is 48.6 Å². The van der Waals surface area contributed by atoms with Gasteiger partial charge in [-0.2, -0.15) is 0 Å². The average Bonchev–Trinajstić information content (AvgIpc) is 3.09. The number of unbranched alkanes of at least 4 members (excludes halogenated alkanes) is 1. The largest absolute Gasteiger partial charge is 0.324 e. The van der Waals surface area contributed by atoms with Crippen molar-refractivity contribution < 1.29 is 4.92 Å². The molecular weight excluding hydrogens is 358 g/mol. The first-order valence-electron chi connectivity index (χ1n) is 7.94. The van der Waals surface area contributed by atoms with Crippen molar-refractivity contribution in [3.05, 3.63) is 61.7 Å². The lowest BCUT2D eigenvalue weighted by atomic mass is 10.2. The molecule has 2 heterocycles. The number of nitrogens with zero attached hydrogens (tertiary/aromatic N) is 3. The van der Waals surface area contributed by atoms with Crippen molar-refractivity contribution in [1.29, 1.82) is 0 Å². The number of benzene rings is 1. The summed E-state index contributed by atoms with van der Waals surface area (Å²) in [5.41, 5.74) is 1.52. The maximum Gasteiger partial charge on any atom is 0.324 e. The van der Waals surface area contributed by atoms with E-state index in [-0.39, 0.29) is 15.5 Å². The van der Waals surface area contributed by atoms with E-state index < -0.39 is 0 Å². The van der Waals surface area contributed by atoms with Gasteiger partial charge in [-0.25, -0.2) is 4.98 Å². The van der Waals surface area contributed by atoms with Gasteiger partial charge in [0.1, 0.15) is 0 Å². The fourth-order valence-electron chi connectivity index (χ4n) is 2.45. The van der Waals surface area contributed by atoms with Crippen molar-refractivity contribution in [2.75, 3.05) is 0 Å². The van der Waals surface area contributed by atoms with E-state index in [0.717, 1.165) is 29.7 Å². The van der Waals surface area contributed by atoms with Crippen molar-refractivity contribution >= 4 is 39.0 Å². The Morgan fingerprint density at radius 3 is 2.88 bits per heavy atom. The van der Waals surface area contributed by atoms with Gasteiger partial charge in [-0.15, -0.1) is 0 Å². The van der Waals surface area contributed by atoms with Gasteiger partial charge in [-0.3, -0.25) is 19.5 Å². The molecule has 2 aromatic heterocycles. The van der Waals surface area contributed by atoms with Gasteiger partial charge in [-0.05, 0) is 24.1 Å². The molecule has 8 heteroatoms. The second-order valence-electron chi connectivity index (χ2n) is 5.56. The highest BCUT2D eigenvalue weighted by Crippen LogP contribution is 2.28. The van der Waals surface area contributed by atoms with Crippen LogP contribution in [0, 0.1) is 10.1 Å². The molecule has 0 bridgehead atoms. The van der Waals surface area contributed by atoms with Gasteiger partial charge in [0.25, 0.3) is 5.56 Å². The van der Waals surface area contributed by atoms with Crippen LogP contribution >= 0.6 is 23.1 Å². The van der Waals surface area contributed by atoms with Crippen molar-refractivity contribution in [2.45, 2.75) is 37.2 Å². The lowest BCUT2D eigenvalue weighted by Gasteiger charge is -2.12. The maximum atomic E-state index is 12.8. The van der Waals surface area contributed by atoms with Gasteiger partial charge < -0.3 is 0 Å². The Balaban J connectivity index is 1.92. The van der Waals surface area contributed by atoms with E-state index in [1.165, 1.54) is 11.8 Å². The zero-order valence-corrected chi connectivity index (χ0v) is 15.3. The summed E-state index contributed by atoms with van der Waals surface area (Å²) in [6.45, 7) is 2.70. The normalized spacial score (nSPS) is 11.1. The quantitative estimate of drug-likeness (QED) is 0.264. The molecule has 0 fully saturated rings. The van der Waals surface area contributed by atoms with E-state index in [1.54, 1.807) is 22.1 Å². The molecule has 25 heavy (non-hydrogen) atoms. The minimum absolute atomic E-state index is 0.0298. The Labute approximate surface area is 152 Å². The highest BCUT2D eigenvalue weighted by atomic mass is 32.2. The van der Waals surface area contributed by atoms with Crippen molar-refractivity contribution in [1.82, 2.24) is 9.55 Å². The molecule has 0 unspecified atom stereocenters. The molecule has 0 spiro atoms. The SMILES string of the molecule is CCCCn1c(SCc2csc([N+](=O)[O-])c2)nc2ccccc2c1=O. The summed E-state index contributed by atoms with van der Waals surface area (Å²) < 4.78 is 1.72. The second-order valence-corrected chi connectivity index (χ2v) is 7.39. The molecule has 0 radical (unpaired) electrons. The minimum atomic E-state index is -0.385. The Bertz CT molecular complexity index is 965. The minimum Gasteiger partial charge on any atom is -0.287 e. The highest BCUT2D eigenvalue weighted by molar-refractivity contribution is 7.98. The van der Waals surface area contributed by atoms with Gasteiger partial charge in [0.05, 0.1) is 15.8 Å². The van der Waals surface area contributed by atoms with Crippen LogP contribution in [0.3, 0.4) is 0 Å². The third kappa shape index (κ3) is 3.91. The standard InChI is InChI=1S/C17H17N3O3S2/c1-2-3-8-19-16(21)13-6-4-5-7-14(13)18-17(19)25-11-12-9-15(20(22)23)24-10-12/h4-7,9-10H,2-3,8,11H2,1H3.